The van der Waals surface area contributed by atoms with Crippen molar-refractivity contribution in [1.29, 1.82) is 0 Å². The lowest BCUT2D eigenvalue weighted by Gasteiger charge is -2.11. The molecule has 0 aromatic heterocycles. The Morgan fingerprint density at radius 3 is 2.96 bits per heavy atom. The van der Waals surface area contributed by atoms with Crippen LogP contribution in [0.3, 0.4) is 0 Å². The van der Waals surface area contributed by atoms with Crippen LogP contribution in [0.2, 0.25) is 0 Å². The van der Waals surface area contributed by atoms with Gasteiger partial charge in [-0.3, -0.25) is 0 Å². The molecule has 0 heterocycles. The maximum atomic E-state index is 10.8. The smallest absolute Gasteiger partial charge is 0.342 e. The quantitative estimate of drug-likeness (QED) is 0.208. The summed E-state index contributed by atoms with van der Waals surface area (Å²) in [5.74, 6) is 0.952. The number of hydrogen-bond acceptors (Lipinski definition) is 5. The average molecular weight is 357 g/mol. The summed E-state index contributed by atoms with van der Waals surface area (Å²) in [6, 6.07) is 0. The van der Waals surface area contributed by atoms with Crippen molar-refractivity contribution >= 4 is 17.7 Å². The molecule has 0 aromatic carbocycles. The minimum absolute atomic E-state index is 0.283. The molecule has 0 spiro atoms. The molecule has 2 atom stereocenters. The monoisotopic (exact) mass is 356 g/mol. The normalized spacial score (nSPS) is 18.8. The molecule has 138 valence electrons. The molecular weight excluding hydrogens is 324 g/mol. The third-order valence-electron chi connectivity index (χ3n) is 4.25. The zero-order valence-corrected chi connectivity index (χ0v) is 15.6. The first-order chi connectivity index (χ1) is 11.7. The molecular formula is C19H32O4S. The van der Waals surface area contributed by atoms with Gasteiger partial charge in [0.25, 0.3) is 0 Å². The van der Waals surface area contributed by atoms with Gasteiger partial charge in [-0.15, -0.1) is 11.8 Å². The van der Waals surface area contributed by atoms with Crippen LogP contribution in [0.5, 0.6) is 0 Å². The van der Waals surface area contributed by atoms with Crippen LogP contribution >= 0.6 is 11.8 Å². The molecule has 1 rings (SSSR count). The molecule has 0 bridgehead atoms. The van der Waals surface area contributed by atoms with Gasteiger partial charge in [-0.05, 0) is 42.8 Å². The van der Waals surface area contributed by atoms with Crippen molar-refractivity contribution in [3.63, 3.8) is 0 Å². The van der Waals surface area contributed by atoms with Crippen molar-refractivity contribution in [1.82, 2.24) is 0 Å². The second-order valence-corrected chi connectivity index (χ2v) is 7.53. The molecule has 1 unspecified atom stereocenters. The van der Waals surface area contributed by atoms with E-state index in [0.29, 0.717) is 5.92 Å². The Bertz CT molecular complexity index is 406. The third-order valence-corrected chi connectivity index (χ3v) is 5.55. The first-order valence-corrected chi connectivity index (χ1v) is 10.2. The maximum absolute atomic E-state index is 10.8. The van der Waals surface area contributed by atoms with Crippen molar-refractivity contribution in [2.45, 2.75) is 77.2 Å². The Kier molecular flexibility index (Phi) is 12.0. The van der Waals surface area contributed by atoms with Gasteiger partial charge in [0.05, 0.1) is 6.10 Å². The first-order valence-electron chi connectivity index (χ1n) is 9.20. The number of carbonyl (C=O) groups excluding carboxylic acids is 1. The van der Waals surface area contributed by atoms with E-state index < -0.39 is 5.97 Å². The predicted octanol–water partition coefficient (Wildman–Crippen LogP) is 5.09. The Morgan fingerprint density at radius 2 is 2.21 bits per heavy atom. The molecule has 4 nitrogen and oxygen atoms in total. The van der Waals surface area contributed by atoms with Gasteiger partial charge < -0.3 is 9.99 Å². The van der Waals surface area contributed by atoms with E-state index in [1.807, 2.05) is 17.8 Å². The highest BCUT2D eigenvalue weighted by Crippen LogP contribution is 2.36. The largest absolute Gasteiger partial charge is 0.389 e. The molecule has 0 radical (unpaired) electrons. The highest BCUT2D eigenvalue weighted by Gasteiger charge is 2.17. The van der Waals surface area contributed by atoms with Gasteiger partial charge >= 0.3 is 5.97 Å². The van der Waals surface area contributed by atoms with Gasteiger partial charge in [0.1, 0.15) is 0 Å². The summed E-state index contributed by atoms with van der Waals surface area (Å²) in [6.07, 6.45) is 15.8. The highest BCUT2D eigenvalue weighted by atomic mass is 32.2. The molecule has 2 N–H and O–H groups in total. The fourth-order valence-corrected chi connectivity index (χ4v) is 4.03. The van der Waals surface area contributed by atoms with Crippen LogP contribution in [0, 0.1) is 5.92 Å². The van der Waals surface area contributed by atoms with Gasteiger partial charge in [-0.2, -0.15) is 5.26 Å². The zero-order valence-electron chi connectivity index (χ0n) is 14.8. The Morgan fingerprint density at radius 1 is 1.38 bits per heavy atom. The van der Waals surface area contributed by atoms with Crippen molar-refractivity contribution in [2.24, 2.45) is 5.92 Å². The number of rotatable bonds is 13. The lowest BCUT2D eigenvalue weighted by atomic mass is 10.1. The van der Waals surface area contributed by atoms with Crippen LogP contribution in [-0.4, -0.2) is 28.2 Å². The van der Waals surface area contributed by atoms with E-state index in [9.17, 15) is 9.90 Å². The Hall–Kier alpha value is -0.780. The van der Waals surface area contributed by atoms with Crippen LogP contribution < -0.4 is 0 Å². The SMILES string of the molecule is CCCCCC(O)C=C[C@H]1CCC=C1SCCCCCC(=O)OO. The summed E-state index contributed by atoms with van der Waals surface area (Å²) in [5, 5.41) is 18.2. The number of unbranched alkanes of at least 4 members (excludes halogenated alkanes) is 4. The number of hydrogen-bond donors (Lipinski definition) is 2. The Balaban J connectivity index is 2.17. The van der Waals surface area contributed by atoms with Gasteiger partial charge in [-0.1, -0.05) is 50.8 Å². The average Bonchev–Trinajstić information content (AvgIpc) is 3.03. The lowest BCUT2D eigenvalue weighted by molar-refractivity contribution is -0.234. The minimum atomic E-state index is -0.552. The van der Waals surface area contributed by atoms with Crippen molar-refractivity contribution in [2.75, 3.05) is 5.75 Å². The van der Waals surface area contributed by atoms with Crippen LogP contribution in [0.4, 0.5) is 0 Å². The van der Waals surface area contributed by atoms with Gasteiger partial charge in [0.15, 0.2) is 0 Å². The number of carbonyl (C=O) groups is 1. The van der Waals surface area contributed by atoms with Crippen LogP contribution in [0.1, 0.15) is 71.1 Å². The standard InChI is InChI=1S/C19H32O4S/c1-2-3-5-10-17(20)14-13-16-9-8-11-18(16)24-15-7-4-6-12-19(21)23-22/h11,13-14,16-17,20,22H,2-10,12,15H2,1H3/t16-,17?/m1/s1. The van der Waals surface area contributed by atoms with E-state index in [0.717, 1.165) is 50.7 Å². The molecule has 1 aliphatic carbocycles. The minimum Gasteiger partial charge on any atom is -0.389 e. The summed E-state index contributed by atoms with van der Waals surface area (Å²) in [7, 11) is 0. The zero-order chi connectivity index (χ0) is 17.6. The summed E-state index contributed by atoms with van der Waals surface area (Å²) < 4.78 is 0. The molecule has 0 aliphatic heterocycles. The van der Waals surface area contributed by atoms with E-state index in [2.05, 4.69) is 24.0 Å². The highest BCUT2D eigenvalue weighted by molar-refractivity contribution is 8.03. The van der Waals surface area contributed by atoms with Crippen molar-refractivity contribution in [3.8, 4) is 0 Å². The van der Waals surface area contributed by atoms with Crippen LogP contribution in [0.15, 0.2) is 23.1 Å². The molecule has 24 heavy (non-hydrogen) atoms. The van der Waals surface area contributed by atoms with Crippen molar-refractivity contribution < 1.29 is 20.0 Å². The fraction of sp³-hybridized carbons (Fsp3) is 0.737. The van der Waals surface area contributed by atoms with Crippen LogP contribution in [-0.2, 0) is 9.68 Å². The van der Waals surface area contributed by atoms with E-state index in [-0.39, 0.29) is 12.5 Å². The van der Waals surface area contributed by atoms with E-state index in [1.54, 1.807) is 0 Å². The number of aliphatic hydroxyl groups is 1. The van der Waals surface area contributed by atoms with E-state index in [4.69, 9.17) is 5.26 Å². The van der Waals surface area contributed by atoms with E-state index >= 15 is 0 Å². The Labute approximate surface area is 150 Å². The van der Waals surface area contributed by atoms with Crippen LogP contribution in [0.25, 0.3) is 0 Å². The second-order valence-electron chi connectivity index (χ2n) is 6.36. The number of thioether (sulfide) groups is 1. The predicted molar refractivity (Wildman–Crippen MR) is 99.7 cm³/mol. The summed E-state index contributed by atoms with van der Waals surface area (Å²) in [6.45, 7) is 2.17. The maximum Gasteiger partial charge on any atom is 0.342 e. The molecule has 0 fully saturated rings. The topological polar surface area (TPSA) is 66.8 Å². The summed E-state index contributed by atoms with van der Waals surface area (Å²) in [4.78, 5) is 15.9. The molecule has 1 aliphatic rings. The first kappa shape index (κ1) is 21.3. The molecule has 0 amide bonds. The van der Waals surface area contributed by atoms with E-state index in [1.165, 1.54) is 17.7 Å². The number of allylic oxidation sites excluding steroid dienone is 3. The van der Waals surface area contributed by atoms with Gasteiger partial charge in [0.2, 0.25) is 0 Å². The molecule has 5 heteroatoms. The van der Waals surface area contributed by atoms with Gasteiger partial charge in [-0.25, -0.2) is 4.79 Å². The molecule has 0 saturated heterocycles. The van der Waals surface area contributed by atoms with Gasteiger partial charge in [0, 0.05) is 12.3 Å². The number of aliphatic hydroxyl groups excluding tert-OH is 1. The fourth-order valence-electron chi connectivity index (χ4n) is 2.80. The molecule has 0 saturated carbocycles. The second kappa shape index (κ2) is 13.5. The van der Waals surface area contributed by atoms with Crippen molar-refractivity contribution in [3.05, 3.63) is 23.1 Å². The third kappa shape index (κ3) is 9.50. The lowest BCUT2D eigenvalue weighted by Crippen LogP contribution is -2.03. The summed E-state index contributed by atoms with van der Waals surface area (Å²) in [5.41, 5.74) is 0. The molecule has 0 aromatic rings. The summed E-state index contributed by atoms with van der Waals surface area (Å²) >= 11 is 1.89.